The van der Waals surface area contributed by atoms with Gasteiger partial charge in [-0.2, -0.15) is 0 Å². The van der Waals surface area contributed by atoms with E-state index in [4.69, 9.17) is 9.47 Å². The summed E-state index contributed by atoms with van der Waals surface area (Å²) >= 11 is -4.85. The van der Waals surface area contributed by atoms with E-state index in [1.165, 1.54) is 23.5 Å². The number of ether oxygens (including phenoxy) is 2. The normalized spacial score (nSPS) is 12.2. The minimum atomic E-state index is -2.49. The standard InChI is InChI=1S/C30H31N3O7S2/c1-5-31-27-19-25(15-17-29(27)33(42(37)38)23-12-8-21(3)9-13-23)40-24-14-16-28(26(18-24)30(34)39-4)32(41(35)36)22-10-6-20(2)7-11-22/h6-19,31H,5H2,1-4H3,(H,35,36)(H,37,38). The maximum Gasteiger partial charge on any atom is 0.340 e. The number of carbonyl (C=O) groups excluding carboxylic acids is 1. The van der Waals surface area contributed by atoms with Gasteiger partial charge in [-0.1, -0.05) is 35.4 Å². The molecular weight excluding hydrogens is 578 g/mol. The monoisotopic (exact) mass is 609 g/mol. The molecule has 0 aliphatic heterocycles. The number of hydrogen-bond donors (Lipinski definition) is 3. The minimum Gasteiger partial charge on any atom is -0.465 e. The second-order valence-corrected chi connectivity index (χ2v) is 10.9. The van der Waals surface area contributed by atoms with Gasteiger partial charge in [0, 0.05) is 12.6 Å². The summed E-state index contributed by atoms with van der Waals surface area (Å²) in [5.41, 5.74) is 4.10. The van der Waals surface area contributed by atoms with E-state index in [1.54, 1.807) is 60.7 Å². The number of methoxy groups -OCH3 is 1. The maximum absolute atomic E-state index is 12.8. The van der Waals surface area contributed by atoms with Gasteiger partial charge in [0.1, 0.15) is 11.5 Å². The molecule has 4 aromatic carbocycles. The molecule has 12 heteroatoms. The molecule has 0 aliphatic carbocycles. The Morgan fingerprint density at radius 2 is 1.24 bits per heavy atom. The SMILES string of the molecule is CCNc1cc(Oc2ccc(N(c3ccc(C)cc3)S(=O)O)c(C(=O)OC)c2)ccc1N(c1ccc(C)cc1)S(=O)O. The second kappa shape index (κ2) is 13.6. The van der Waals surface area contributed by atoms with E-state index >= 15 is 0 Å². The summed E-state index contributed by atoms with van der Waals surface area (Å²) in [6.45, 7) is 6.26. The number of benzene rings is 4. The van der Waals surface area contributed by atoms with E-state index in [1.807, 2.05) is 32.9 Å². The highest BCUT2D eigenvalue weighted by Crippen LogP contribution is 2.39. The summed E-state index contributed by atoms with van der Waals surface area (Å²) in [6.07, 6.45) is 0. The fourth-order valence-electron chi connectivity index (χ4n) is 4.24. The summed E-state index contributed by atoms with van der Waals surface area (Å²) in [5, 5.41) is 3.21. The fraction of sp³-hybridized carbons (Fsp3) is 0.167. The van der Waals surface area contributed by atoms with Crippen LogP contribution in [0.15, 0.2) is 84.9 Å². The predicted octanol–water partition coefficient (Wildman–Crippen LogP) is 6.86. The van der Waals surface area contributed by atoms with E-state index < -0.39 is 28.5 Å². The summed E-state index contributed by atoms with van der Waals surface area (Å²) in [4.78, 5) is 12.8. The first-order chi connectivity index (χ1) is 20.1. The summed E-state index contributed by atoms with van der Waals surface area (Å²) in [5.74, 6) is -0.0733. The first kappa shape index (κ1) is 30.7. The second-order valence-electron chi connectivity index (χ2n) is 9.20. The minimum absolute atomic E-state index is 0.0164. The Balaban J connectivity index is 1.72. The molecule has 0 spiro atoms. The largest absolute Gasteiger partial charge is 0.465 e. The van der Waals surface area contributed by atoms with Gasteiger partial charge < -0.3 is 14.8 Å². The van der Waals surface area contributed by atoms with Crippen LogP contribution in [0.25, 0.3) is 0 Å². The van der Waals surface area contributed by atoms with Gasteiger partial charge in [0.15, 0.2) is 0 Å². The van der Waals surface area contributed by atoms with Crippen LogP contribution in [0.2, 0.25) is 0 Å². The summed E-state index contributed by atoms with van der Waals surface area (Å²) in [7, 11) is 1.22. The maximum atomic E-state index is 12.8. The average Bonchev–Trinajstić information content (AvgIpc) is 2.96. The Labute approximate surface area is 249 Å². The quantitative estimate of drug-likeness (QED) is 0.124. The smallest absolute Gasteiger partial charge is 0.340 e. The van der Waals surface area contributed by atoms with Gasteiger partial charge in [-0.25, -0.2) is 21.8 Å². The van der Waals surface area contributed by atoms with Crippen molar-refractivity contribution in [2.24, 2.45) is 0 Å². The molecule has 0 amide bonds. The van der Waals surface area contributed by atoms with E-state index in [0.29, 0.717) is 35.0 Å². The van der Waals surface area contributed by atoms with E-state index in [9.17, 15) is 22.3 Å². The molecule has 42 heavy (non-hydrogen) atoms. The number of esters is 1. The molecule has 2 unspecified atom stereocenters. The molecule has 0 heterocycles. The molecule has 0 bridgehead atoms. The first-order valence-electron chi connectivity index (χ1n) is 12.9. The number of nitrogens with zero attached hydrogens (tertiary/aromatic N) is 2. The molecule has 3 N–H and O–H groups in total. The third-order valence-electron chi connectivity index (χ3n) is 6.23. The lowest BCUT2D eigenvalue weighted by Crippen LogP contribution is -2.22. The highest BCUT2D eigenvalue weighted by molar-refractivity contribution is 7.81. The van der Waals surface area contributed by atoms with Crippen LogP contribution in [-0.2, 0) is 27.3 Å². The van der Waals surface area contributed by atoms with Crippen LogP contribution in [0.1, 0.15) is 28.4 Å². The van der Waals surface area contributed by atoms with Gasteiger partial charge in [-0.15, -0.1) is 0 Å². The molecule has 0 saturated heterocycles. The van der Waals surface area contributed by atoms with Gasteiger partial charge in [0.05, 0.1) is 41.1 Å². The first-order valence-corrected chi connectivity index (χ1v) is 15.0. The zero-order valence-electron chi connectivity index (χ0n) is 23.4. The van der Waals surface area contributed by atoms with Crippen molar-refractivity contribution in [1.82, 2.24) is 0 Å². The Bertz CT molecular complexity index is 1610. The van der Waals surface area contributed by atoms with Gasteiger partial charge in [-0.3, -0.25) is 9.11 Å². The molecule has 0 aliphatic rings. The molecule has 0 saturated carbocycles. The lowest BCUT2D eigenvalue weighted by Gasteiger charge is -2.24. The predicted molar refractivity (Wildman–Crippen MR) is 167 cm³/mol. The summed E-state index contributed by atoms with van der Waals surface area (Å²) in [6, 6.07) is 23.7. The zero-order chi connectivity index (χ0) is 30.4. The van der Waals surface area contributed by atoms with Crippen molar-refractivity contribution in [1.29, 1.82) is 0 Å². The van der Waals surface area contributed by atoms with Crippen LogP contribution in [0, 0.1) is 13.8 Å². The molecule has 0 aromatic heterocycles. The van der Waals surface area contributed by atoms with Crippen LogP contribution >= 0.6 is 0 Å². The lowest BCUT2D eigenvalue weighted by molar-refractivity contribution is 0.0601. The number of nitrogens with one attached hydrogen (secondary N) is 1. The molecule has 4 rings (SSSR count). The van der Waals surface area contributed by atoms with Crippen molar-refractivity contribution in [2.75, 3.05) is 27.6 Å². The van der Waals surface area contributed by atoms with Gasteiger partial charge >= 0.3 is 5.97 Å². The molecule has 10 nitrogen and oxygen atoms in total. The average molecular weight is 610 g/mol. The van der Waals surface area contributed by atoms with E-state index in [0.717, 1.165) is 15.4 Å². The number of aryl methyl sites for hydroxylation is 2. The Hall–Kier alpha value is -4.23. The lowest BCUT2D eigenvalue weighted by atomic mass is 10.1. The van der Waals surface area contributed by atoms with Crippen LogP contribution in [0.3, 0.4) is 0 Å². The van der Waals surface area contributed by atoms with Gasteiger partial charge in [-0.05, 0) is 75.4 Å². The van der Waals surface area contributed by atoms with Crippen molar-refractivity contribution in [3.05, 3.63) is 102 Å². The Kier molecular flexibility index (Phi) is 9.96. The van der Waals surface area contributed by atoms with Crippen molar-refractivity contribution in [3.8, 4) is 11.5 Å². The summed E-state index contributed by atoms with van der Waals surface area (Å²) < 4.78 is 58.5. The number of hydrogen-bond acceptors (Lipinski definition) is 6. The van der Waals surface area contributed by atoms with E-state index in [-0.39, 0.29) is 17.0 Å². The Morgan fingerprint density at radius 1 is 0.762 bits per heavy atom. The molecule has 0 fully saturated rings. The van der Waals surface area contributed by atoms with Gasteiger partial charge in [0.25, 0.3) is 22.5 Å². The van der Waals surface area contributed by atoms with Crippen LogP contribution in [-0.4, -0.2) is 37.1 Å². The third kappa shape index (κ3) is 6.97. The zero-order valence-corrected chi connectivity index (χ0v) is 25.1. The van der Waals surface area contributed by atoms with Crippen molar-refractivity contribution in [3.63, 3.8) is 0 Å². The molecule has 220 valence electrons. The van der Waals surface area contributed by atoms with Crippen molar-refractivity contribution >= 4 is 56.9 Å². The van der Waals surface area contributed by atoms with Crippen molar-refractivity contribution in [2.45, 2.75) is 20.8 Å². The van der Waals surface area contributed by atoms with Crippen LogP contribution in [0.5, 0.6) is 11.5 Å². The fourth-order valence-corrected chi connectivity index (χ4v) is 5.50. The van der Waals surface area contributed by atoms with Crippen LogP contribution in [0.4, 0.5) is 28.4 Å². The Morgan fingerprint density at radius 3 is 1.71 bits per heavy atom. The van der Waals surface area contributed by atoms with Gasteiger partial charge in [0.2, 0.25) is 0 Å². The van der Waals surface area contributed by atoms with E-state index in [2.05, 4.69) is 5.32 Å². The highest BCUT2D eigenvalue weighted by Gasteiger charge is 2.24. The molecule has 2 atom stereocenters. The topological polar surface area (TPSA) is 129 Å². The van der Waals surface area contributed by atoms with Crippen molar-refractivity contribution < 1.29 is 31.8 Å². The number of anilines is 5. The third-order valence-corrected chi connectivity index (χ3v) is 7.67. The molecule has 0 radical (unpaired) electrons. The molecule has 4 aromatic rings. The van der Waals surface area contributed by atoms with Crippen LogP contribution < -0.4 is 18.7 Å². The highest BCUT2D eigenvalue weighted by atomic mass is 32.2. The number of carbonyl (C=O) groups is 1. The molecular formula is C30H31N3O7S2. The number of rotatable bonds is 11.